The second kappa shape index (κ2) is 9.07. The summed E-state index contributed by atoms with van der Waals surface area (Å²) in [7, 11) is -5.96. The van der Waals surface area contributed by atoms with Gasteiger partial charge in [0.15, 0.2) is 17.8 Å². The van der Waals surface area contributed by atoms with Crippen molar-refractivity contribution in [2.24, 2.45) is 0 Å². The van der Waals surface area contributed by atoms with Gasteiger partial charge in [0, 0.05) is 0 Å². The Labute approximate surface area is 160 Å². The van der Waals surface area contributed by atoms with E-state index in [1.165, 1.54) is 12.1 Å². The Bertz CT molecular complexity index is 897. The largest absolute Gasteiger partial charge is 0.534 e. The maximum absolute atomic E-state index is 12.6. The first-order valence-corrected chi connectivity index (χ1v) is 9.42. The predicted molar refractivity (Wildman–Crippen MR) is 93.6 cm³/mol. The molecule has 0 aliphatic heterocycles. The van der Waals surface area contributed by atoms with Crippen molar-refractivity contribution >= 4 is 16.4 Å². The van der Waals surface area contributed by atoms with E-state index in [1.54, 1.807) is 6.92 Å². The van der Waals surface area contributed by atoms with Gasteiger partial charge in [-0.25, -0.2) is 0 Å². The Hall–Kier alpha value is -2.59. The van der Waals surface area contributed by atoms with Crippen LogP contribution >= 0.6 is 0 Å². The van der Waals surface area contributed by atoms with Crippen LogP contribution in [-0.4, -0.2) is 32.9 Å². The number of carbonyl (C=O) groups is 1. The van der Waals surface area contributed by atoms with Crippen LogP contribution in [0.25, 0.3) is 0 Å². The van der Waals surface area contributed by atoms with Crippen molar-refractivity contribution < 1.29 is 40.0 Å². The SMILES string of the molecule is CC(COc1cccc(C=O)c1OS(=O)(=O)C(F)(F)F)OCc1ccccc1. The summed E-state index contributed by atoms with van der Waals surface area (Å²) in [5.74, 6) is -1.15. The predicted octanol–water partition coefficient (Wildman–Crippen LogP) is 3.71. The van der Waals surface area contributed by atoms with Crippen LogP contribution in [-0.2, 0) is 21.5 Å². The molecule has 0 bridgehead atoms. The van der Waals surface area contributed by atoms with E-state index in [0.29, 0.717) is 0 Å². The third-order valence-electron chi connectivity index (χ3n) is 3.46. The van der Waals surface area contributed by atoms with E-state index in [4.69, 9.17) is 9.47 Å². The van der Waals surface area contributed by atoms with Gasteiger partial charge in [-0.2, -0.15) is 21.6 Å². The molecule has 0 N–H and O–H groups in total. The molecule has 2 rings (SSSR count). The highest BCUT2D eigenvalue weighted by Gasteiger charge is 2.49. The van der Waals surface area contributed by atoms with Crippen molar-refractivity contribution in [1.82, 2.24) is 0 Å². The zero-order chi connectivity index (χ0) is 20.8. The summed E-state index contributed by atoms with van der Waals surface area (Å²) in [4.78, 5) is 11.1. The molecule has 1 unspecified atom stereocenters. The number of ether oxygens (including phenoxy) is 2. The number of rotatable bonds is 9. The van der Waals surface area contributed by atoms with Crippen LogP contribution < -0.4 is 8.92 Å². The maximum atomic E-state index is 12.6. The molecule has 2 aromatic carbocycles. The van der Waals surface area contributed by atoms with Crippen LogP contribution in [0.4, 0.5) is 13.2 Å². The van der Waals surface area contributed by atoms with E-state index in [2.05, 4.69) is 4.18 Å². The smallest absolute Gasteiger partial charge is 0.487 e. The van der Waals surface area contributed by atoms with Crippen molar-refractivity contribution in [2.75, 3.05) is 6.61 Å². The van der Waals surface area contributed by atoms with Gasteiger partial charge in [-0.3, -0.25) is 4.79 Å². The van der Waals surface area contributed by atoms with Crippen LogP contribution in [0.2, 0.25) is 0 Å². The number of para-hydroxylation sites is 1. The first-order valence-electron chi connectivity index (χ1n) is 8.01. The van der Waals surface area contributed by atoms with Gasteiger partial charge in [-0.1, -0.05) is 36.4 Å². The Kier molecular flexibility index (Phi) is 7.03. The first-order chi connectivity index (χ1) is 13.1. The minimum Gasteiger partial charge on any atom is -0.487 e. The highest BCUT2D eigenvalue weighted by Crippen LogP contribution is 2.35. The van der Waals surface area contributed by atoms with Crippen molar-refractivity contribution in [3.8, 4) is 11.5 Å². The summed E-state index contributed by atoms with van der Waals surface area (Å²) in [5.41, 5.74) is -5.13. The molecule has 28 heavy (non-hydrogen) atoms. The van der Waals surface area contributed by atoms with Crippen LogP contribution in [0, 0.1) is 0 Å². The van der Waals surface area contributed by atoms with Gasteiger partial charge in [0.05, 0.1) is 18.3 Å². The second-order valence-corrected chi connectivity index (χ2v) is 7.23. The van der Waals surface area contributed by atoms with Crippen molar-refractivity contribution in [1.29, 1.82) is 0 Å². The fourth-order valence-electron chi connectivity index (χ4n) is 2.05. The highest BCUT2D eigenvalue weighted by atomic mass is 32.2. The Balaban J connectivity index is 2.09. The Morgan fingerprint density at radius 2 is 1.75 bits per heavy atom. The number of aldehydes is 1. The molecule has 152 valence electrons. The average molecular weight is 418 g/mol. The number of alkyl halides is 3. The molecular formula is C18H17F3O6S. The molecule has 1 atom stereocenters. The molecule has 0 saturated carbocycles. The summed E-state index contributed by atoms with van der Waals surface area (Å²) in [5, 5.41) is 0. The third kappa shape index (κ3) is 5.70. The van der Waals surface area contributed by atoms with E-state index >= 15 is 0 Å². The average Bonchev–Trinajstić information content (AvgIpc) is 2.65. The van der Waals surface area contributed by atoms with Gasteiger partial charge in [0.25, 0.3) is 0 Å². The lowest BCUT2D eigenvalue weighted by atomic mass is 10.2. The van der Waals surface area contributed by atoms with Gasteiger partial charge < -0.3 is 13.7 Å². The summed E-state index contributed by atoms with van der Waals surface area (Å²) in [6, 6.07) is 12.9. The van der Waals surface area contributed by atoms with Crippen LogP contribution in [0.3, 0.4) is 0 Å². The lowest BCUT2D eigenvalue weighted by Gasteiger charge is -2.18. The second-order valence-electron chi connectivity index (χ2n) is 5.69. The van der Waals surface area contributed by atoms with E-state index in [-0.39, 0.29) is 25.2 Å². The number of benzene rings is 2. The van der Waals surface area contributed by atoms with Gasteiger partial charge in [-0.15, -0.1) is 0 Å². The molecule has 0 heterocycles. The number of hydrogen-bond acceptors (Lipinski definition) is 6. The summed E-state index contributed by atoms with van der Waals surface area (Å²) in [6.45, 7) is 1.84. The van der Waals surface area contributed by atoms with Gasteiger partial charge >= 0.3 is 15.6 Å². The normalized spacial score (nSPS) is 13.0. The summed E-state index contributed by atoms with van der Waals surface area (Å²) < 4.78 is 75.4. The Morgan fingerprint density at radius 1 is 1.07 bits per heavy atom. The quantitative estimate of drug-likeness (QED) is 0.351. The number of hydrogen-bond donors (Lipinski definition) is 0. The van der Waals surface area contributed by atoms with Gasteiger partial charge in [-0.05, 0) is 24.6 Å². The summed E-state index contributed by atoms with van der Waals surface area (Å²) in [6.07, 6.45) is -0.309. The monoisotopic (exact) mass is 418 g/mol. The molecule has 6 nitrogen and oxygen atoms in total. The fraction of sp³-hybridized carbons (Fsp3) is 0.278. The van der Waals surface area contributed by atoms with E-state index < -0.39 is 33.0 Å². The van der Waals surface area contributed by atoms with Gasteiger partial charge in [0.2, 0.25) is 0 Å². The highest BCUT2D eigenvalue weighted by molar-refractivity contribution is 7.88. The number of carbonyl (C=O) groups excluding carboxylic acids is 1. The molecule has 0 amide bonds. The molecule has 0 fully saturated rings. The van der Waals surface area contributed by atoms with Crippen molar-refractivity contribution in [3.63, 3.8) is 0 Å². The van der Waals surface area contributed by atoms with Gasteiger partial charge in [0.1, 0.15) is 6.61 Å². The third-order valence-corrected chi connectivity index (χ3v) is 4.42. The molecular weight excluding hydrogens is 401 g/mol. The van der Waals surface area contributed by atoms with Crippen LogP contribution in [0.15, 0.2) is 48.5 Å². The van der Waals surface area contributed by atoms with Crippen molar-refractivity contribution in [2.45, 2.75) is 25.1 Å². The summed E-state index contributed by atoms with van der Waals surface area (Å²) >= 11 is 0. The lowest BCUT2D eigenvalue weighted by Crippen LogP contribution is -2.28. The van der Waals surface area contributed by atoms with E-state index in [1.807, 2.05) is 30.3 Å². The molecule has 2 aromatic rings. The topological polar surface area (TPSA) is 78.9 Å². The minimum absolute atomic E-state index is 0.114. The van der Waals surface area contributed by atoms with E-state index in [9.17, 15) is 26.4 Å². The molecule has 0 spiro atoms. The van der Waals surface area contributed by atoms with Crippen molar-refractivity contribution in [3.05, 3.63) is 59.7 Å². The lowest BCUT2D eigenvalue weighted by molar-refractivity contribution is -0.0501. The molecule has 10 heteroatoms. The Morgan fingerprint density at radius 3 is 2.36 bits per heavy atom. The van der Waals surface area contributed by atoms with Crippen LogP contribution in [0.1, 0.15) is 22.8 Å². The minimum atomic E-state index is -5.96. The standard InChI is InChI=1S/C18H17F3O6S/c1-13(25-12-14-6-3-2-4-7-14)11-26-16-9-5-8-15(10-22)17(16)27-28(23,24)18(19,20)21/h2-10,13H,11-12H2,1H3. The number of halogens is 3. The first kappa shape index (κ1) is 21.7. The maximum Gasteiger partial charge on any atom is 0.534 e. The fourth-order valence-corrected chi connectivity index (χ4v) is 2.55. The molecule has 0 aromatic heterocycles. The molecule has 0 aliphatic carbocycles. The molecule has 0 aliphatic rings. The molecule has 0 saturated heterocycles. The van der Waals surface area contributed by atoms with E-state index in [0.717, 1.165) is 11.6 Å². The zero-order valence-electron chi connectivity index (χ0n) is 14.7. The van der Waals surface area contributed by atoms with Crippen LogP contribution in [0.5, 0.6) is 11.5 Å². The molecule has 0 radical (unpaired) electrons. The zero-order valence-corrected chi connectivity index (χ0v) is 15.5.